The molecule has 2 aromatic rings. The van der Waals surface area contributed by atoms with Crippen molar-refractivity contribution in [1.82, 2.24) is 9.78 Å². The minimum Gasteiger partial charge on any atom is -0.326 e. The summed E-state index contributed by atoms with van der Waals surface area (Å²) in [7, 11) is 0. The molecule has 0 saturated carbocycles. The number of benzene rings is 1. The standard InChI is InChI=1S/C16H20FN3O/c1-10-7-14(17)5-6-15(10)18-16(21)9-13(4)20-12(3)8-11(2)19-20/h5-8,13H,9H2,1-4H3,(H,18,21). The molecule has 1 heterocycles. The number of hydrogen-bond donors (Lipinski definition) is 1. The van der Waals surface area contributed by atoms with Crippen LogP contribution in [0.25, 0.3) is 0 Å². The van der Waals surface area contributed by atoms with E-state index < -0.39 is 0 Å². The Hall–Kier alpha value is -2.17. The highest BCUT2D eigenvalue weighted by molar-refractivity contribution is 5.91. The molecule has 0 aliphatic heterocycles. The Morgan fingerprint density at radius 2 is 2.05 bits per heavy atom. The van der Waals surface area contributed by atoms with Crippen molar-refractivity contribution in [2.24, 2.45) is 0 Å². The van der Waals surface area contributed by atoms with Crippen LogP contribution in [0, 0.1) is 26.6 Å². The summed E-state index contributed by atoms with van der Waals surface area (Å²) < 4.78 is 14.9. The van der Waals surface area contributed by atoms with Crippen molar-refractivity contribution in [3.05, 3.63) is 47.0 Å². The van der Waals surface area contributed by atoms with Gasteiger partial charge in [-0.3, -0.25) is 9.48 Å². The zero-order chi connectivity index (χ0) is 15.6. The highest BCUT2D eigenvalue weighted by atomic mass is 19.1. The fourth-order valence-corrected chi connectivity index (χ4v) is 2.42. The smallest absolute Gasteiger partial charge is 0.226 e. The Kier molecular flexibility index (Phi) is 4.40. The second kappa shape index (κ2) is 6.08. The molecular formula is C16H20FN3O. The van der Waals surface area contributed by atoms with E-state index in [4.69, 9.17) is 0 Å². The Balaban J connectivity index is 2.03. The number of aryl methyl sites for hydroxylation is 3. The predicted octanol–water partition coefficient (Wildman–Crippen LogP) is 3.54. The summed E-state index contributed by atoms with van der Waals surface area (Å²) in [6, 6.07) is 6.28. The lowest BCUT2D eigenvalue weighted by molar-refractivity contribution is -0.116. The summed E-state index contributed by atoms with van der Waals surface area (Å²) in [4.78, 5) is 12.1. The van der Waals surface area contributed by atoms with Crippen LogP contribution >= 0.6 is 0 Å². The van der Waals surface area contributed by atoms with Gasteiger partial charge in [-0.05, 0) is 57.5 Å². The Morgan fingerprint density at radius 3 is 2.62 bits per heavy atom. The van der Waals surface area contributed by atoms with Gasteiger partial charge in [0.15, 0.2) is 0 Å². The van der Waals surface area contributed by atoms with E-state index in [0.717, 1.165) is 11.4 Å². The Bertz CT molecular complexity index is 664. The average molecular weight is 289 g/mol. The van der Waals surface area contributed by atoms with Crippen LogP contribution in [-0.4, -0.2) is 15.7 Å². The van der Waals surface area contributed by atoms with Gasteiger partial charge in [0.05, 0.1) is 11.7 Å². The number of carbonyl (C=O) groups is 1. The minimum atomic E-state index is -0.304. The van der Waals surface area contributed by atoms with Crippen molar-refractivity contribution in [3.8, 4) is 0 Å². The van der Waals surface area contributed by atoms with E-state index in [2.05, 4.69) is 10.4 Å². The third-order valence-corrected chi connectivity index (χ3v) is 3.41. The molecule has 1 aromatic carbocycles. The summed E-state index contributed by atoms with van der Waals surface area (Å²) in [5, 5.41) is 7.20. The molecule has 0 aliphatic rings. The number of carbonyl (C=O) groups excluding carboxylic acids is 1. The lowest BCUT2D eigenvalue weighted by Gasteiger charge is -2.15. The lowest BCUT2D eigenvalue weighted by atomic mass is 10.1. The predicted molar refractivity (Wildman–Crippen MR) is 80.8 cm³/mol. The number of hydrogen-bond acceptors (Lipinski definition) is 2. The van der Waals surface area contributed by atoms with E-state index >= 15 is 0 Å². The van der Waals surface area contributed by atoms with Gasteiger partial charge in [0.1, 0.15) is 5.82 Å². The van der Waals surface area contributed by atoms with Gasteiger partial charge in [-0.1, -0.05) is 0 Å². The molecule has 1 atom stereocenters. The third-order valence-electron chi connectivity index (χ3n) is 3.41. The molecule has 5 heteroatoms. The van der Waals surface area contributed by atoms with Crippen molar-refractivity contribution in [3.63, 3.8) is 0 Å². The summed E-state index contributed by atoms with van der Waals surface area (Å²) in [6.45, 7) is 7.62. The van der Waals surface area contributed by atoms with Crippen LogP contribution in [0.1, 0.15) is 36.3 Å². The molecule has 1 aromatic heterocycles. The van der Waals surface area contributed by atoms with Gasteiger partial charge in [0, 0.05) is 17.8 Å². The Morgan fingerprint density at radius 1 is 1.33 bits per heavy atom. The molecule has 0 bridgehead atoms. The monoisotopic (exact) mass is 289 g/mol. The molecule has 112 valence electrons. The number of amides is 1. The third kappa shape index (κ3) is 3.68. The van der Waals surface area contributed by atoms with Crippen molar-refractivity contribution in [1.29, 1.82) is 0 Å². The highest BCUT2D eigenvalue weighted by Gasteiger charge is 2.14. The van der Waals surface area contributed by atoms with Gasteiger partial charge in [-0.15, -0.1) is 0 Å². The normalized spacial score (nSPS) is 12.2. The maximum Gasteiger partial charge on any atom is 0.226 e. The molecule has 1 unspecified atom stereocenters. The quantitative estimate of drug-likeness (QED) is 0.935. The molecule has 0 aliphatic carbocycles. The lowest BCUT2D eigenvalue weighted by Crippen LogP contribution is -2.19. The number of halogens is 1. The van der Waals surface area contributed by atoms with Crippen LogP contribution < -0.4 is 5.32 Å². The zero-order valence-corrected chi connectivity index (χ0v) is 12.8. The van der Waals surface area contributed by atoms with E-state index in [-0.39, 0.29) is 17.8 Å². The number of rotatable bonds is 4. The maximum absolute atomic E-state index is 13.0. The first-order valence-corrected chi connectivity index (χ1v) is 6.95. The van der Waals surface area contributed by atoms with E-state index in [1.54, 1.807) is 13.0 Å². The van der Waals surface area contributed by atoms with Crippen LogP contribution in [-0.2, 0) is 4.79 Å². The number of nitrogens with one attached hydrogen (secondary N) is 1. The number of aromatic nitrogens is 2. The number of anilines is 1. The molecule has 1 N–H and O–H groups in total. The van der Waals surface area contributed by atoms with Crippen LogP contribution in [0.15, 0.2) is 24.3 Å². The van der Waals surface area contributed by atoms with Crippen molar-refractivity contribution >= 4 is 11.6 Å². The van der Waals surface area contributed by atoms with Gasteiger partial charge >= 0.3 is 0 Å². The highest BCUT2D eigenvalue weighted by Crippen LogP contribution is 2.18. The van der Waals surface area contributed by atoms with E-state index in [1.165, 1.54) is 12.1 Å². The molecule has 4 nitrogen and oxygen atoms in total. The van der Waals surface area contributed by atoms with Gasteiger partial charge < -0.3 is 5.32 Å². The molecule has 0 radical (unpaired) electrons. The van der Waals surface area contributed by atoms with Crippen LogP contribution in [0.2, 0.25) is 0 Å². The van der Waals surface area contributed by atoms with Gasteiger partial charge in [0.2, 0.25) is 5.91 Å². The van der Waals surface area contributed by atoms with Gasteiger partial charge in [-0.25, -0.2) is 4.39 Å². The zero-order valence-electron chi connectivity index (χ0n) is 12.8. The summed E-state index contributed by atoms with van der Waals surface area (Å²) in [5.41, 5.74) is 3.32. The average Bonchev–Trinajstić information content (AvgIpc) is 2.72. The molecule has 21 heavy (non-hydrogen) atoms. The van der Waals surface area contributed by atoms with E-state index in [1.807, 2.05) is 31.5 Å². The second-order valence-corrected chi connectivity index (χ2v) is 5.43. The first kappa shape index (κ1) is 15.2. The maximum atomic E-state index is 13.0. The SMILES string of the molecule is Cc1cc(C)n(C(C)CC(=O)Nc2ccc(F)cc2C)n1. The Labute approximate surface area is 124 Å². The molecule has 0 saturated heterocycles. The first-order valence-electron chi connectivity index (χ1n) is 6.95. The molecule has 0 fully saturated rings. The van der Waals surface area contributed by atoms with Crippen LogP contribution in [0.4, 0.5) is 10.1 Å². The fraction of sp³-hybridized carbons (Fsp3) is 0.375. The van der Waals surface area contributed by atoms with Crippen molar-refractivity contribution in [2.75, 3.05) is 5.32 Å². The van der Waals surface area contributed by atoms with Crippen LogP contribution in [0.5, 0.6) is 0 Å². The van der Waals surface area contributed by atoms with Gasteiger partial charge in [-0.2, -0.15) is 5.10 Å². The summed E-state index contributed by atoms with van der Waals surface area (Å²) in [6.07, 6.45) is 0.318. The molecular weight excluding hydrogens is 269 g/mol. The topological polar surface area (TPSA) is 46.9 Å². The fourth-order valence-electron chi connectivity index (χ4n) is 2.42. The second-order valence-electron chi connectivity index (χ2n) is 5.43. The molecule has 2 rings (SSSR count). The summed E-state index contributed by atoms with van der Waals surface area (Å²) in [5.74, 6) is -0.411. The van der Waals surface area contributed by atoms with E-state index in [0.29, 0.717) is 17.7 Å². The first-order chi connectivity index (χ1) is 9.86. The van der Waals surface area contributed by atoms with Crippen molar-refractivity contribution in [2.45, 2.75) is 40.2 Å². The van der Waals surface area contributed by atoms with Crippen LogP contribution in [0.3, 0.4) is 0 Å². The van der Waals surface area contributed by atoms with Gasteiger partial charge in [0.25, 0.3) is 0 Å². The summed E-state index contributed by atoms with van der Waals surface area (Å²) >= 11 is 0. The molecule has 1 amide bonds. The van der Waals surface area contributed by atoms with Crippen molar-refractivity contribution < 1.29 is 9.18 Å². The number of nitrogens with zero attached hydrogens (tertiary/aromatic N) is 2. The largest absolute Gasteiger partial charge is 0.326 e. The molecule has 0 spiro atoms. The minimum absolute atomic E-state index is 0.0283. The van der Waals surface area contributed by atoms with E-state index in [9.17, 15) is 9.18 Å².